The first-order valence-corrected chi connectivity index (χ1v) is 8.14. The summed E-state index contributed by atoms with van der Waals surface area (Å²) in [5.41, 5.74) is 2.44. The van der Waals surface area contributed by atoms with E-state index in [1.807, 2.05) is 13.8 Å². The van der Waals surface area contributed by atoms with Crippen LogP contribution >= 0.6 is 0 Å². The molecule has 1 aromatic carbocycles. The molecule has 0 saturated carbocycles. The van der Waals surface area contributed by atoms with Crippen LogP contribution in [0.4, 0.5) is 8.78 Å². The largest absolute Gasteiger partial charge is 0.462 e. The van der Waals surface area contributed by atoms with E-state index in [1.165, 1.54) is 12.1 Å². The fourth-order valence-corrected chi connectivity index (χ4v) is 2.60. The third-order valence-corrected chi connectivity index (χ3v) is 3.54. The summed E-state index contributed by atoms with van der Waals surface area (Å²) in [7, 11) is 0. The molecule has 25 heavy (non-hydrogen) atoms. The maximum Gasteiger partial charge on any atom is 0.387 e. The number of benzene rings is 1. The molecule has 0 aliphatic rings. The monoisotopic (exact) mass is 352 g/mol. The van der Waals surface area contributed by atoms with E-state index >= 15 is 0 Å². The maximum absolute atomic E-state index is 12.3. The first-order chi connectivity index (χ1) is 11.8. The Morgan fingerprint density at radius 3 is 2.40 bits per heavy atom. The van der Waals surface area contributed by atoms with Crippen LogP contribution in [0.15, 0.2) is 24.3 Å². The van der Waals surface area contributed by atoms with E-state index in [0.717, 1.165) is 5.69 Å². The maximum atomic E-state index is 12.3. The Bertz CT molecular complexity index is 725. The lowest BCUT2D eigenvalue weighted by molar-refractivity contribution is -0.0498. The van der Waals surface area contributed by atoms with Crippen molar-refractivity contribution in [3.63, 3.8) is 0 Å². The lowest BCUT2D eigenvalue weighted by atomic mass is 10.0. The molecule has 7 heteroatoms. The molecule has 0 aliphatic heterocycles. The minimum atomic E-state index is -2.87. The summed E-state index contributed by atoms with van der Waals surface area (Å²) in [5, 5.41) is 4.45. The van der Waals surface area contributed by atoms with Crippen LogP contribution in [-0.4, -0.2) is 29.0 Å². The predicted molar refractivity (Wildman–Crippen MR) is 89.4 cm³/mol. The summed E-state index contributed by atoms with van der Waals surface area (Å²) < 4.78 is 35.7. The summed E-state index contributed by atoms with van der Waals surface area (Å²) in [5.74, 6) is -0.0392. The van der Waals surface area contributed by atoms with Gasteiger partial charge in [-0.15, -0.1) is 0 Å². The topological polar surface area (TPSA) is 53.3 Å². The van der Waals surface area contributed by atoms with Crippen LogP contribution in [0.1, 0.15) is 42.5 Å². The molecule has 5 nitrogen and oxygen atoms in total. The van der Waals surface area contributed by atoms with Crippen molar-refractivity contribution in [2.24, 2.45) is 5.92 Å². The average Bonchev–Trinajstić information content (AvgIpc) is 2.83. The SMILES string of the molecule is CCOC(=O)c1c(C)nn(-c2ccc(OC(F)F)cc2)c1CC(C)C. The zero-order valence-electron chi connectivity index (χ0n) is 14.8. The molecule has 0 bridgehead atoms. The molecule has 0 amide bonds. The van der Waals surface area contributed by atoms with Crippen molar-refractivity contribution in [3.05, 3.63) is 41.2 Å². The number of halogens is 2. The highest BCUT2D eigenvalue weighted by Gasteiger charge is 2.24. The Morgan fingerprint density at radius 1 is 1.24 bits per heavy atom. The number of hydrogen-bond acceptors (Lipinski definition) is 4. The van der Waals surface area contributed by atoms with Gasteiger partial charge < -0.3 is 9.47 Å². The van der Waals surface area contributed by atoms with Gasteiger partial charge in [-0.1, -0.05) is 13.8 Å². The fourth-order valence-electron chi connectivity index (χ4n) is 2.60. The van der Waals surface area contributed by atoms with Gasteiger partial charge in [0.1, 0.15) is 11.3 Å². The first-order valence-electron chi connectivity index (χ1n) is 8.14. The highest BCUT2D eigenvalue weighted by atomic mass is 19.3. The van der Waals surface area contributed by atoms with Gasteiger partial charge in [-0.2, -0.15) is 13.9 Å². The van der Waals surface area contributed by atoms with Gasteiger partial charge in [0.05, 0.1) is 23.7 Å². The van der Waals surface area contributed by atoms with Gasteiger partial charge in [-0.3, -0.25) is 0 Å². The van der Waals surface area contributed by atoms with E-state index in [4.69, 9.17) is 4.74 Å². The summed E-state index contributed by atoms with van der Waals surface area (Å²) >= 11 is 0. The van der Waals surface area contributed by atoms with Gasteiger partial charge in [0.25, 0.3) is 0 Å². The summed E-state index contributed by atoms with van der Waals surface area (Å²) in [6.45, 7) is 5.00. The van der Waals surface area contributed by atoms with Crippen LogP contribution in [-0.2, 0) is 11.2 Å². The Balaban J connectivity index is 2.46. The predicted octanol–water partition coefficient (Wildman–Crippen LogP) is 4.16. The lowest BCUT2D eigenvalue weighted by Crippen LogP contribution is -2.12. The first kappa shape index (κ1) is 18.9. The van der Waals surface area contributed by atoms with E-state index in [-0.39, 0.29) is 12.4 Å². The fraction of sp³-hybridized carbons (Fsp3) is 0.444. The van der Waals surface area contributed by atoms with Gasteiger partial charge in [0, 0.05) is 0 Å². The molecule has 0 fully saturated rings. The van der Waals surface area contributed by atoms with Gasteiger partial charge in [-0.05, 0) is 50.5 Å². The van der Waals surface area contributed by atoms with Crippen molar-refractivity contribution < 1.29 is 23.0 Å². The number of carbonyl (C=O) groups excluding carboxylic acids is 1. The van der Waals surface area contributed by atoms with E-state index < -0.39 is 12.6 Å². The molecule has 136 valence electrons. The normalized spacial score (nSPS) is 11.2. The summed E-state index contributed by atoms with van der Waals surface area (Å²) in [6, 6.07) is 6.15. The van der Waals surface area contributed by atoms with E-state index in [1.54, 1.807) is 30.7 Å². The molecule has 0 atom stereocenters. The van der Waals surface area contributed by atoms with E-state index in [9.17, 15) is 13.6 Å². The second-order valence-corrected chi connectivity index (χ2v) is 6.01. The number of carbonyl (C=O) groups is 1. The molecule has 0 aliphatic carbocycles. The van der Waals surface area contributed by atoms with Crippen molar-refractivity contribution in [1.29, 1.82) is 0 Å². The number of aryl methyl sites for hydroxylation is 1. The molecule has 2 rings (SSSR count). The van der Waals surface area contributed by atoms with Gasteiger partial charge >= 0.3 is 12.6 Å². The molecule has 2 aromatic rings. The zero-order chi connectivity index (χ0) is 18.6. The molecule has 1 aromatic heterocycles. The molecular formula is C18H22F2N2O3. The third kappa shape index (κ3) is 4.55. The van der Waals surface area contributed by atoms with Crippen molar-refractivity contribution in [3.8, 4) is 11.4 Å². The van der Waals surface area contributed by atoms with Gasteiger partial charge in [0.2, 0.25) is 0 Å². The second-order valence-electron chi connectivity index (χ2n) is 6.01. The highest BCUT2D eigenvalue weighted by Crippen LogP contribution is 2.24. The van der Waals surface area contributed by atoms with Crippen LogP contribution in [0.2, 0.25) is 0 Å². The van der Waals surface area contributed by atoms with Crippen LogP contribution < -0.4 is 4.74 Å². The molecule has 0 saturated heterocycles. The van der Waals surface area contributed by atoms with Gasteiger partial charge in [0.15, 0.2) is 0 Å². The van der Waals surface area contributed by atoms with Crippen molar-refractivity contribution in [2.45, 2.75) is 40.7 Å². The minimum absolute atomic E-state index is 0.0682. The Morgan fingerprint density at radius 2 is 1.88 bits per heavy atom. The molecular weight excluding hydrogens is 330 g/mol. The number of rotatable bonds is 7. The third-order valence-electron chi connectivity index (χ3n) is 3.54. The van der Waals surface area contributed by atoms with Gasteiger partial charge in [-0.25, -0.2) is 9.48 Å². The van der Waals surface area contributed by atoms with Crippen LogP contribution in [0, 0.1) is 12.8 Å². The number of hydrogen-bond donors (Lipinski definition) is 0. The Hall–Kier alpha value is -2.44. The number of alkyl halides is 2. The van der Waals surface area contributed by atoms with Crippen LogP contribution in [0.5, 0.6) is 5.75 Å². The van der Waals surface area contributed by atoms with Crippen molar-refractivity contribution in [2.75, 3.05) is 6.61 Å². The van der Waals surface area contributed by atoms with Crippen LogP contribution in [0.3, 0.4) is 0 Å². The Labute approximate surface area is 145 Å². The van der Waals surface area contributed by atoms with Crippen LogP contribution in [0.25, 0.3) is 5.69 Å². The number of ether oxygens (including phenoxy) is 2. The number of nitrogens with zero attached hydrogens (tertiary/aromatic N) is 2. The van der Waals surface area contributed by atoms with E-state index in [0.29, 0.717) is 29.3 Å². The number of esters is 1. The second kappa shape index (κ2) is 8.09. The highest BCUT2D eigenvalue weighted by molar-refractivity contribution is 5.92. The molecule has 0 unspecified atom stereocenters. The number of aromatic nitrogens is 2. The zero-order valence-corrected chi connectivity index (χ0v) is 14.8. The minimum Gasteiger partial charge on any atom is -0.462 e. The summed E-state index contributed by atoms with van der Waals surface area (Å²) in [4.78, 5) is 12.3. The molecule has 0 radical (unpaired) electrons. The molecule has 0 spiro atoms. The average molecular weight is 352 g/mol. The smallest absolute Gasteiger partial charge is 0.387 e. The molecule has 1 heterocycles. The van der Waals surface area contributed by atoms with E-state index in [2.05, 4.69) is 9.84 Å². The standard InChI is InChI=1S/C18H22F2N2O3/c1-5-24-17(23)16-12(4)21-22(15(16)10-11(2)3)13-6-8-14(9-7-13)25-18(19)20/h6-9,11,18H,5,10H2,1-4H3. The quantitative estimate of drug-likeness (QED) is 0.702. The van der Waals surface area contributed by atoms with Crippen molar-refractivity contribution >= 4 is 5.97 Å². The lowest BCUT2D eigenvalue weighted by Gasteiger charge is -2.12. The summed E-state index contributed by atoms with van der Waals surface area (Å²) in [6.07, 6.45) is 0.629. The van der Waals surface area contributed by atoms with Crippen molar-refractivity contribution in [1.82, 2.24) is 9.78 Å². The Kier molecular flexibility index (Phi) is 6.12. The molecule has 0 N–H and O–H groups in total.